The Morgan fingerprint density at radius 3 is 2.74 bits per heavy atom. The van der Waals surface area contributed by atoms with Gasteiger partial charge in [-0.15, -0.1) is 0 Å². The molecule has 0 saturated carbocycles. The fourth-order valence-corrected chi connectivity index (χ4v) is 2.30. The van der Waals surface area contributed by atoms with Crippen LogP contribution in [0.4, 0.5) is 0 Å². The molecule has 4 heteroatoms. The largest absolute Gasteiger partial charge is 0.373 e. The Hall–Kier alpha value is -0.450. The topological polar surface area (TPSA) is 32.8 Å². The van der Waals surface area contributed by atoms with E-state index in [-0.39, 0.29) is 5.78 Å². The summed E-state index contributed by atoms with van der Waals surface area (Å²) in [5.41, 5.74) is 0. The summed E-state index contributed by atoms with van der Waals surface area (Å²) in [4.78, 5) is 16.5. The highest BCUT2D eigenvalue weighted by Crippen LogP contribution is 2.03. The Bertz CT molecular complexity index is 257. The van der Waals surface area contributed by atoms with Crippen LogP contribution in [0.5, 0.6) is 0 Å². The normalized spacial score (nSPS) is 18.7. The Morgan fingerprint density at radius 1 is 1.21 bits per heavy atom. The van der Waals surface area contributed by atoms with Crippen molar-refractivity contribution >= 4 is 5.78 Å². The smallest absolute Gasteiger partial charge is 0.158 e. The molecule has 1 saturated heterocycles. The minimum atomic E-state index is 0.243. The van der Waals surface area contributed by atoms with E-state index in [1.54, 1.807) is 0 Å². The van der Waals surface area contributed by atoms with Crippen LogP contribution in [0, 0.1) is 5.92 Å². The van der Waals surface area contributed by atoms with E-state index in [9.17, 15) is 4.79 Å². The van der Waals surface area contributed by atoms with Gasteiger partial charge in [-0.1, -0.05) is 13.8 Å². The Labute approximate surface area is 118 Å². The Balaban J connectivity index is 2.04. The Kier molecular flexibility index (Phi) is 8.26. The van der Waals surface area contributed by atoms with Crippen LogP contribution < -0.4 is 0 Å². The van der Waals surface area contributed by atoms with Crippen molar-refractivity contribution in [2.24, 2.45) is 5.92 Å². The van der Waals surface area contributed by atoms with E-state index in [0.29, 0.717) is 25.6 Å². The summed E-state index contributed by atoms with van der Waals surface area (Å²) < 4.78 is 5.36. The number of nitrogens with zero attached hydrogens (tertiary/aromatic N) is 2. The lowest BCUT2D eigenvalue weighted by Crippen LogP contribution is -2.30. The fraction of sp³-hybridized carbons (Fsp3) is 0.933. The maximum atomic E-state index is 11.6. The van der Waals surface area contributed by atoms with Crippen LogP contribution in [-0.4, -0.2) is 68.6 Å². The molecule has 4 nitrogen and oxygen atoms in total. The summed E-state index contributed by atoms with van der Waals surface area (Å²) in [5.74, 6) is 0.745. The third-order valence-corrected chi connectivity index (χ3v) is 3.46. The predicted octanol–water partition coefficient (Wildman–Crippen LogP) is 1.65. The molecule has 0 unspecified atom stereocenters. The van der Waals surface area contributed by atoms with E-state index >= 15 is 0 Å². The second-order valence-electron chi connectivity index (χ2n) is 6.05. The zero-order chi connectivity index (χ0) is 14.1. The van der Waals surface area contributed by atoms with Gasteiger partial charge in [-0.2, -0.15) is 0 Å². The lowest BCUT2D eigenvalue weighted by atomic mass is 10.2. The van der Waals surface area contributed by atoms with Gasteiger partial charge in [-0.05, 0) is 45.4 Å². The number of carbonyl (C=O) groups excluding carboxylic acids is 1. The van der Waals surface area contributed by atoms with Crippen molar-refractivity contribution in [1.29, 1.82) is 0 Å². The van der Waals surface area contributed by atoms with Gasteiger partial charge < -0.3 is 14.5 Å². The molecule has 0 aliphatic carbocycles. The highest BCUT2D eigenvalue weighted by atomic mass is 16.5. The number of ether oxygens (including phenoxy) is 1. The molecule has 1 rings (SSSR count). The predicted molar refractivity (Wildman–Crippen MR) is 78.5 cm³/mol. The Morgan fingerprint density at radius 2 is 2.00 bits per heavy atom. The first-order valence-corrected chi connectivity index (χ1v) is 7.58. The fourth-order valence-electron chi connectivity index (χ4n) is 2.30. The number of hydrogen-bond donors (Lipinski definition) is 0. The molecule has 0 amide bonds. The van der Waals surface area contributed by atoms with Crippen LogP contribution >= 0.6 is 0 Å². The van der Waals surface area contributed by atoms with Crippen molar-refractivity contribution < 1.29 is 9.53 Å². The quantitative estimate of drug-likeness (QED) is 0.671. The van der Waals surface area contributed by atoms with E-state index < -0.39 is 0 Å². The highest BCUT2D eigenvalue weighted by molar-refractivity contribution is 5.79. The minimum Gasteiger partial charge on any atom is -0.373 e. The van der Waals surface area contributed by atoms with Crippen LogP contribution in [-0.2, 0) is 9.53 Å². The van der Waals surface area contributed by atoms with Gasteiger partial charge in [0, 0.05) is 26.1 Å². The van der Waals surface area contributed by atoms with E-state index in [4.69, 9.17) is 4.74 Å². The van der Waals surface area contributed by atoms with E-state index in [1.807, 2.05) is 0 Å². The molecule has 0 spiro atoms. The molecule has 0 aromatic carbocycles. The van der Waals surface area contributed by atoms with Crippen LogP contribution in [0.3, 0.4) is 0 Å². The van der Waals surface area contributed by atoms with Gasteiger partial charge in [0.1, 0.15) is 6.61 Å². The molecular formula is C15H30N2O2. The second kappa shape index (κ2) is 9.45. The van der Waals surface area contributed by atoms with Crippen LogP contribution in [0.2, 0.25) is 0 Å². The maximum Gasteiger partial charge on any atom is 0.158 e. The van der Waals surface area contributed by atoms with Crippen molar-refractivity contribution in [1.82, 2.24) is 9.80 Å². The summed E-state index contributed by atoms with van der Waals surface area (Å²) in [6.07, 6.45) is 2.86. The van der Waals surface area contributed by atoms with Gasteiger partial charge in [0.05, 0.1) is 0 Å². The van der Waals surface area contributed by atoms with Gasteiger partial charge in [-0.25, -0.2) is 0 Å². The van der Waals surface area contributed by atoms with Crippen LogP contribution in [0.1, 0.15) is 33.1 Å². The number of Topliss-reactive ketones (excluding diaryl/α,β-unsaturated/α-hetero) is 1. The van der Waals surface area contributed by atoms with Crippen LogP contribution in [0.25, 0.3) is 0 Å². The zero-order valence-corrected chi connectivity index (χ0v) is 12.9. The van der Waals surface area contributed by atoms with Gasteiger partial charge in [0.15, 0.2) is 5.78 Å². The summed E-state index contributed by atoms with van der Waals surface area (Å²) in [5, 5.41) is 0. The van der Waals surface area contributed by atoms with Crippen molar-refractivity contribution in [3.63, 3.8) is 0 Å². The van der Waals surface area contributed by atoms with Crippen molar-refractivity contribution in [3.8, 4) is 0 Å². The van der Waals surface area contributed by atoms with Gasteiger partial charge in [-0.3, -0.25) is 4.79 Å². The molecule has 1 aliphatic rings. The molecule has 0 N–H and O–H groups in total. The summed E-state index contributed by atoms with van der Waals surface area (Å²) >= 11 is 0. The first-order chi connectivity index (χ1) is 9.08. The van der Waals surface area contributed by atoms with Gasteiger partial charge in [0.2, 0.25) is 0 Å². The van der Waals surface area contributed by atoms with Crippen molar-refractivity contribution in [3.05, 3.63) is 0 Å². The second-order valence-corrected chi connectivity index (χ2v) is 6.05. The number of hydrogen-bond acceptors (Lipinski definition) is 4. The third-order valence-electron chi connectivity index (χ3n) is 3.46. The molecule has 112 valence electrons. The highest BCUT2D eigenvalue weighted by Gasteiger charge is 2.12. The number of carbonyl (C=O) groups is 1. The molecule has 0 atom stereocenters. The first-order valence-electron chi connectivity index (χ1n) is 7.58. The van der Waals surface area contributed by atoms with Crippen molar-refractivity contribution in [2.75, 3.05) is 53.0 Å². The lowest BCUT2D eigenvalue weighted by Gasteiger charge is -2.19. The monoisotopic (exact) mass is 270 g/mol. The molecular weight excluding hydrogens is 240 g/mol. The standard InChI is InChI=1S/C15H30N2O2/c1-14(2)12-19-13-15(18)6-4-8-17-9-5-7-16(3)10-11-17/h14H,4-13H2,1-3H3. The number of rotatable bonds is 8. The molecule has 1 heterocycles. The summed E-state index contributed by atoms with van der Waals surface area (Å²) in [7, 11) is 2.18. The van der Waals surface area contributed by atoms with Gasteiger partial charge >= 0.3 is 0 Å². The van der Waals surface area contributed by atoms with E-state index in [0.717, 1.165) is 26.1 Å². The molecule has 0 bridgehead atoms. The minimum absolute atomic E-state index is 0.243. The first kappa shape index (κ1) is 16.6. The molecule has 1 fully saturated rings. The molecule has 0 radical (unpaired) electrons. The van der Waals surface area contributed by atoms with Crippen LogP contribution in [0.15, 0.2) is 0 Å². The molecule has 0 aromatic rings. The zero-order valence-electron chi connectivity index (χ0n) is 12.9. The van der Waals surface area contributed by atoms with Crippen molar-refractivity contribution in [2.45, 2.75) is 33.1 Å². The number of likely N-dealkylation sites (N-methyl/N-ethyl adjacent to an activating group) is 1. The maximum absolute atomic E-state index is 11.6. The SMILES string of the molecule is CC(C)COCC(=O)CCCN1CCCN(C)CC1. The summed E-state index contributed by atoms with van der Waals surface area (Å²) in [6, 6.07) is 0. The van der Waals surface area contributed by atoms with E-state index in [2.05, 4.69) is 30.7 Å². The number of ketones is 1. The van der Waals surface area contributed by atoms with E-state index in [1.165, 1.54) is 19.5 Å². The molecule has 0 aromatic heterocycles. The van der Waals surface area contributed by atoms with Gasteiger partial charge in [0.25, 0.3) is 0 Å². The molecule has 1 aliphatic heterocycles. The third kappa shape index (κ3) is 8.35. The lowest BCUT2D eigenvalue weighted by molar-refractivity contribution is -0.124. The average Bonchev–Trinajstić information content (AvgIpc) is 2.54. The summed E-state index contributed by atoms with van der Waals surface area (Å²) in [6.45, 7) is 10.9. The molecule has 19 heavy (non-hydrogen) atoms. The average molecular weight is 270 g/mol.